The lowest BCUT2D eigenvalue weighted by Gasteiger charge is -2.36. The predicted molar refractivity (Wildman–Crippen MR) is 129 cm³/mol. The Hall–Kier alpha value is -3.10. The number of aromatic carboxylic acids is 1. The average Bonchev–Trinajstić information content (AvgIpc) is 2.73. The summed E-state index contributed by atoms with van der Waals surface area (Å²) < 4.78 is 0. The van der Waals surface area contributed by atoms with Crippen molar-refractivity contribution < 1.29 is 19.5 Å². The minimum atomic E-state index is -1.12. The van der Waals surface area contributed by atoms with E-state index in [2.05, 4.69) is 20.4 Å². The first-order valence-electron chi connectivity index (χ1n) is 10.7. The molecule has 2 aromatic carbocycles. The van der Waals surface area contributed by atoms with E-state index >= 15 is 0 Å². The molecule has 3 rings (SSSR count). The van der Waals surface area contributed by atoms with Gasteiger partial charge in [-0.2, -0.15) is 0 Å². The smallest absolute Gasteiger partial charge is 0.337 e. The zero-order valence-corrected chi connectivity index (χ0v) is 19.8. The summed E-state index contributed by atoms with van der Waals surface area (Å²) in [6, 6.07) is 11.3. The molecule has 3 N–H and O–H groups in total. The lowest BCUT2D eigenvalue weighted by molar-refractivity contribution is -0.123. The Labute approximate surface area is 198 Å². The van der Waals surface area contributed by atoms with Gasteiger partial charge in [-0.15, -0.1) is 0 Å². The molecule has 1 aliphatic heterocycles. The molecule has 0 unspecified atom stereocenters. The number of carboxylic acids is 1. The third kappa shape index (κ3) is 6.94. The number of benzene rings is 2. The number of piperazine rings is 1. The summed E-state index contributed by atoms with van der Waals surface area (Å²) in [5.74, 6) is -1.55. The summed E-state index contributed by atoms with van der Waals surface area (Å²) in [7, 11) is 0. The second-order valence-corrected chi connectivity index (χ2v) is 9.49. The molecule has 2 amide bonds. The van der Waals surface area contributed by atoms with E-state index in [4.69, 9.17) is 11.6 Å². The number of rotatable bonds is 6. The zero-order valence-electron chi connectivity index (χ0n) is 19.0. The standard InChI is InChI=1S/C24H29ClN4O4/c1-24(2,3)27-21(30)15-28-10-12-29(13-11-28)18-8-9-20(19(14-18)23(32)33)26-22(31)16-4-6-17(25)7-5-16/h4-9,14H,10-13,15H2,1-3H3,(H,26,31)(H,27,30)(H,32,33). The normalized spacial score (nSPS) is 14.6. The van der Waals surface area contributed by atoms with Crippen molar-refractivity contribution in [3.63, 3.8) is 0 Å². The zero-order chi connectivity index (χ0) is 24.2. The Balaban J connectivity index is 1.65. The van der Waals surface area contributed by atoms with Gasteiger partial charge in [0.15, 0.2) is 0 Å². The van der Waals surface area contributed by atoms with E-state index < -0.39 is 11.9 Å². The lowest BCUT2D eigenvalue weighted by Crippen LogP contribution is -2.51. The number of amides is 2. The molecule has 33 heavy (non-hydrogen) atoms. The van der Waals surface area contributed by atoms with Gasteiger partial charge in [-0.1, -0.05) is 11.6 Å². The highest BCUT2D eigenvalue weighted by Gasteiger charge is 2.23. The van der Waals surface area contributed by atoms with Crippen molar-refractivity contribution >= 4 is 40.8 Å². The monoisotopic (exact) mass is 472 g/mol. The Kier molecular flexibility index (Phi) is 7.61. The largest absolute Gasteiger partial charge is 0.478 e. The molecule has 9 heteroatoms. The summed E-state index contributed by atoms with van der Waals surface area (Å²) in [4.78, 5) is 40.7. The van der Waals surface area contributed by atoms with Crippen LogP contribution in [0.25, 0.3) is 0 Å². The van der Waals surface area contributed by atoms with E-state index in [9.17, 15) is 19.5 Å². The first kappa shape index (κ1) is 24.5. The molecule has 0 aliphatic carbocycles. The van der Waals surface area contributed by atoms with E-state index in [0.29, 0.717) is 43.3 Å². The summed E-state index contributed by atoms with van der Waals surface area (Å²) in [5.41, 5.74) is 1.12. The van der Waals surface area contributed by atoms with Gasteiger partial charge >= 0.3 is 5.97 Å². The fraction of sp³-hybridized carbons (Fsp3) is 0.375. The van der Waals surface area contributed by atoms with Crippen molar-refractivity contribution in [3.05, 3.63) is 58.6 Å². The van der Waals surface area contributed by atoms with Gasteiger partial charge in [0.05, 0.1) is 17.8 Å². The maximum absolute atomic E-state index is 12.5. The summed E-state index contributed by atoms with van der Waals surface area (Å²) in [6.07, 6.45) is 0. The van der Waals surface area contributed by atoms with Crippen molar-refractivity contribution in [1.82, 2.24) is 10.2 Å². The molecular formula is C24H29ClN4O4. The average molecular weight is 473 g/mol. The van der Waals surface area contributed by atoms with Gasteiger partial charge in [-0.05, 0) is 63.2 Å². The van der Waals surface area contributed by atoms with Crippen LogP contribution in [0, 0.1) is 0 Å². The molecule has 0 spiro atoms. The fourth-order valence-corrected chi connectivity index (χ4v) is 3.76. The highest BCUT2D eigenvalue weighted by atomic mass is 35.5. The fourth-order valence-electron chi connectivity index (χ4n) is 3.64. The maximum Gasteiger partial charge on any atom is 0.337 e. The molecule has 0 aromatic heterocycles. The van der Waals surface area contributed by atoms with Crippen LogP contribution in [0.3, 0.4) is 0 Å². The van der Waals surface area contributed by atoms with E-state index in [0.717, 1.165) is 5.69 Å². The number of hydrogen-bond donors (Lipinski definition) is 3. The number of anilines is 2. The van der Waals surface area contributed by atoms with Crippen LogP contribution in [0.2, 0.25) is 5.02 Å². The van der Waals surface area contributed by atoms with E-state index in [1.54, 1.807) is 42.5 Å². The van der Waals surface area contributed by atoms with Crippen LogP contribution in [0.5, 0.6) is 0 Å². The van der Waals surface area contributed by atoms with Crippen LogP contribution >= 0.6 is 11.6 Å². The molecular weight excluding hydrogens is 444 g/mol. The quantitative estimate of drug-likeness (QED) is 0.596. The van der Waals surface area contributed by atoms with E-state index in [1.165, 1.54) is 0 Å². The highest BCUT2D eigenvalue weighted by Crippen LogP contribution is 2.25. The van der Waals surface area contributed by atoms with Crippen LogP contribution in [-0.4, -0.2) is 66.1 Å². The van der Waals surface area contributed by atoms with Gasteiger partial charge in [0.1, 0.15) is 0 Å². The predicted octanol–water partition coefficient (Wildman–Crippen LogP) is 3.33. The van der Waals surface area contributed by atoms with Crippen LogP contribution in [-0.2, 0) is 4.79 Å². The van der Waals surface area contributed by atoms with Crippen molar-refractivity contribution in [2.45, 2.75) is 26.3 Å². The van der Waals surface area contributed by atoms with Crippen LogP contribution < -0.4 is 15.5 Å². The summed E-state index contributed by atoms with van der Waals surface area (Å²) >= 11 is 5.86. The van der Waals surface area contributed by atoms with Crippen molar-refractivity contribution in [2.24, 2.45) is 0 Å². The molecule has 0 bridgehead atoms. The molecule has 8 nitrogen and oxygen atoms in total. The Morgan fingerprint density at radius 3 is 2.21 bits per heavy atom. The summed E-state index contributed by atoms with van der Waals surface area (Å²) in [6.45, 7) is 8.89. The molecule has 0 radical (unpaired) electrons. The van der Waals surface area contributed by atoms with E-state index in [1.807, 2.05) is 20.8 Å². The van der Waals surface area contributed by atoms with Crippen LogP contribution in [0.15, 0.2) is 42.5 Å². The minimum Gasteiger partial charge on any atom is -0.478 e. The molecule has 0 atom stereocenters. The number of carboxylic acid groups (broad SMARTS) is 1. The molecule has 176 valence electrons. The number of carbonyl (C=O) groups is 3. The van der Waals surface area contributed by atoms with Gasteiger partial charge in [-0.25, -0.2) is 4.79 Å². The number of halogens is 1. The molecule has 1 aliphatic rings. The third-order valence-electron chi connectivity index (χ3n) is 5.21. The number of nitrogens with one attached hydrogen (secondary N) is 2. The Bertz CT molecular complexity index is 1030. The molecule has 1 heterocycles. The topological polar surface area (TPSA) is 102 Å². The highest BCUT2D eigenvalue weighted by molar-refractivity contribution is 6.30. The summed E-state index contributed by atoms with van der Waals surface area (Å²) in [5, 5.41) is 15.8. The van der Waals surface area contributed by atoms with Gasteiger partial charge in [0.25, 0.3) is 5.91 Å². The minimum absolute atomic E-state index is 0.00936. The SMILES string of the molecule is CC(C)(C)NC(=O)CN1CCN(c2ccc(NC(=O)c3ccc(Cl)cc3)c(C(=O)O)c2)CC1. The number of nitrogens with zero attached hydrogens (tertiary/aromatic N) is 2. The Morgan fingerprint density at radius 1 is 1.00 bits per heavy atom. The Morgan fingerprint density at radius 2 is 1.64 bits per heavy atom. The van der Waals surface area contributed by atoms with Crippen molar-refractivity contribution in [1.29, 1.82) is 0 Å². The van der Waals surface area contributed by atoms with Crippen molar-refractivity contribution in [3.8, 4) is 0 Å². The second-order valence-electron chi connectivity index (χ2n) is 9.06. The van der Waals surface area contributed by atoms with Gasteiger partial charge in [0.2, 0.25) is 5.91 Å². The molecule has 1 saturated heterocycles. The first-order valence-corrected chi connectivity index (χ1v) is 11.1. The number of hydrogen-bond acceptors (Lipinski definition) is 5. The molecule has 0 saturated carbocycles. The van der Waals surface area contributed by atoms with Gasteiger partial charge in [-0.3, -0.25) is 14.5 Å². The third-order valence-corrected chi connectivity index (χ3v) is 5.46. The lowest BCUT2D eigenvalue weighted by atomic mass is 10.1. The van der Waals surface area contributed by atoms with Crippen LogP contribution in [0.1, 0.15) is 41.5 Å². The van der Waals surface area contributed by atoms with Gasteiger partial charge < -0.3 is 20.6 Å². The van der Waals surface area contributed by atoms with Gasteiger partial charge in [0, 0.05) is 48.0 Å². The number of carbonyl (C=O) groups excluding carboxylic acids is 2. The van der Waals surface area contributed by atoms with Crippen LogP contribution in [0.4, 0.5) is 11.4 Å². The first-order chi connectivity index (χ1) is 15.5. The molecule has 1 fully saturated rings. The second kappa shape index (κ2) is 10.2. The molecule has 2 aromatic rings. The maximum atomic E-state index is 12.5. The van der Waals surface area contributed by atoms with Crippen molar-refractivity contribution in [2.75, 3.05) is 42.9 Å². The van der Waals surface area contributed by atoms with E-state index in [-0.39, 0.29) is 22.7 Å².